The van der Waals surface area contributed by atoms with Crippen molar-refractivity contribution in [3.05, 3.63) is 80.0 Å². The highest BCUT2D eigenvalue weighted by atomic mass is 35.5. The molecule has 0 bridgehead atoms. The van der Waals surface area contributed by atoms with E-state index in [1.54, 1.807) is 29.2 Å². The summed E-state index contributed by atoms with van der Waals surface area (Å²) in [6.45, 7) is 0.286. The first-order chi connectivity index (χ1) is 15.0. The van der Waals surface area contributed by atoms with Gasteiger partial charge in [-0.25, -0.2) is 9.20 Å². The molecule has 0 aliphatic carbocycles. The lowest BCUT2D eigenvalue weighted by molar-refractivity contribution is 0.415. The van der Waals surface area contributed by atoms with Crippen LogP contribution in [0.4, 0.5) is 0 Å². The highest BCUT2D eigenvalue weighted by molar-refractivity contribution is 6.31. The average Bonchev–Trinajstić information content (AvgIpc) is 3.33. The SMILES string of the molecule is COc1ccc(-c2nnc3n(Cc4ccccc4Cl)c4c(=O)[nH]c(=O)n(C)c4n23)cc1. The van der Waals surface area contributed by atoms with Gasteiger partial charge in [0.05, 0.1) is 13.7 Å². The lowest BCUT2D eigenvalue weighted by Crippen LogP contribution is -2.29. The van der Waals surface area contributed by atoms with Crippen LogP contribution in [-0.4, -0.2) is 35.8 Å². The fourth-order valence-corrected chi connectivity index (χ4v) is 3.91. The number of nitrogens with one attached hydrogen (secondary N) is 1. The van der Waals surface area contributed by atoms with E-state index in [-0.39, 0.29) is 6.54 Å². The van der Waals surface area contributed by atoms with Crippen LogP contribution in [0.5, 0.6) is 5.75 Å². The van der Waals surface area contributed by atoms with Crippen LogP contribution in [0.15, 0.2) is 58.1 Å². The molecule has 10 heteroatoms. The van der Waals surface area contributed by atoms with Crippen molar-refractivity contribution in [2.75, 3.05) is 7.11 Å². The molecule has 3 aromatic heterocycles. The third kappa shape index (κ3) is 2.93. The van der Waals surface area contributed by atoms with Crippen LogP contribution in [-0.2, 0) is 13.6 Å². The minimum Gasteiger partial charge on any atom is -0.497 e. The molecule has 0 aliphatic heterocycles. The van der Waals surface area contributed by atoms with Gasteiger partial charge in [-0.05, 0) is 35.9 Å². The highest BCUT2D eigenvalue weighted by Gasteiger charge is 2.23. The standard InChI is InChI=1S/C21H17ClN6O3/c1-26-19-16(18(29)23-21(26)30)27(11-13-5-3-4-6-15(13)22)20-25-24-17(28(19)20)12-7-9-14(31-2)10-8-12/h3-10H,11H2,1-2H3,(H,23,29,30). The number of aryl methyl sites for hydroxylation is 1. The van der Waals surface area contributed by atoms with E-state index in [4.69, 9.17) is 16.3 Å². The number of hydrogen-bond acceptors (Lipinski definition) is 5. The van der Waals surface area contributed by atoms with Crippen molar-refractivity contribution in [3.8, 4) is 17.1 Å². The minimum absolute atomic E-state index is 0.286. The van der Waals surface area contributed by atoms with Gasteiger partial charge in [-0.15, -0.1) is 10.2 Å². The van der Waals surface area contributed by atoms with Crippen molar-refractivity contribution in [2.45, 2.75) is 6.54 Å². The van der Waals surface area contributed by atoms with Gasteiger partial charge < -0.3 is 4.74 Å². The van der Waals surface area contributed by atoms with Gasteiger partial charge in [0.15, 0.2) is 17.0 Å². The van der Waals surface area contributed by atoms with Crippen LogP contribution in [0.2, 0.25) is 5.02 Å². The maximum absolute atomic E-state index is 12.8. The number of halogens is 1. The zero-order chi connectivity index (χ0) is 21.7. The molecule has 0 atom stereocenters. The summed E-state index contributed by atoms with van der Waals surface area (Å²) in [4.78, 5) is 27.6. The molecule has 0 saturated carbocycles. The first-order valence-electron chi connectivity index (χ1n) is 9.44. The minimum atomic E-state index is -0.524. The van der Waals surface area contributed by atoms with Gasteiger partial charge >= 0.3 is 5.69 Å². The number of H-pyrrole nitrogens is 1. The maximum Gasteiger partial charge on any atom is 0.329 e. The third-order valence-electron chi connectivity index (χ3n) is 5.27. The molecule has 3 heterocycles. The Labute approximate surface area is 180 Å². The second kappa shape index (κ2) is 7.13. The van der Waals surface area contributed by atoms with E-state index < -0.39 is 11.2 Å². The summed E-state index contributed by atoms with van der Waals surface area (Å²) >= 11 is 6.36. The molecule has 5 rings (SSSR count). The fraction of sp³-hybridized carbons (Fsp3) is 0.143. The Morgan fingerprint density at radius 3 is 2.52 bits per heavy atom. The van der Waals surface area contributed by atoms with E-state index in [9.17, 15) is 9.59 Å². The van der Waals surface area contributed by atoms with Gasteiger partial charge in [-0.3, -0.25) is 18.9 Å². The molecule has 0 saturated heterocycles. The van der Waals surface area contributed by atoms with Crippen LogP contribution in [0, 0.1) is 0 Å². The van der Waals surface area contributed by atoms with Crippen LogP contribution < -0.4 is 16.0 Å². The normalized spacial score (nSPS) is 11.5. The van der Waals surface area contributed by atoms with Crippen LogP contribution in [0.3, 0.4) is 0 Å². The highest BCUT2D eigenvalue weighted by Crippen LogP contribution is 2.27. The molecule has 5 aromatic rings. The van der Waals surface area contributed by atoms with E-state index in [2.05, 4.69) is 15.2 Å². The van der Waals surface area contributed by atoms with Crippen LogP contribution in [0.1, 0.15) is 5.56 Å². The number of nitrogens with zero attached hydrogens (tertiary/aromatic N) is 5. The Balaban J connectivity index is 1.86. The van der Waals surface area contributed by atoms with Gasteiger partial charge in [0.2, 0.25) is 5.78 Å². The average molecular weight is 437 g/mol. The summed E-state index contributed by atoms with van der Waals surface area (Å²) in [6.07, 6.45) is 0. The van der Waals surface area contributed by atoms with Crippen LogP contribution in [0.25, 0.3) is 28.3 Å². The summed E-state index contributed by atoms with van der Waals surface area (Å²) < 4.78 is 10.0. The van der Waals surface area contributed by atoms with E-state index in [0.717, 1.165) is 11.1 Å². The van der Waals surface area contributed by atoms with Gasteiger partial charge in [-0.2, -0.15) is 0 Å². The molecule has 0 aliphatic rings. The Bertz CT molecular complexity index is 1560. The first kappa shape index (κ1) is 19.1. The Kier molecular flexibility index (Phi) is 4.40. The lowest BCUT2D eigenvalue weighted by Gasteiger charge is -2.07. The maximum atomic E-state index is 12.8. The Morgan fingerprint density at radius 2 is 1.81 bits per heavy atom. The quantitative estimate of drug-likeness (QED) is 0.466. The smallest absolute Gasteiger partial charge is 0.329 e. The van der Waals surface area contributed by atoms with E-state index in [1.807, 2.05) is 42.5 Å². The molecular weight excluding hydrogens is 420 g/mol. The number of fused-ring (bicyclic) bond motifs is 3. The predicted octanol–water partition coefficient (Wildman–Crippen LogP) is 2.45. The van der Waals surface area contributed by atoms with Gasteiger partial charge in [0, 0.05) is 17.6 Å². The third-order valence-corrected chi connectivity index (χ3v) is 5.64. The zero-order valence-corrected chi connectivity index (χ0v) is 17.4. The molecule has 0 radical (unpaired) electrons. The Hall–Kier alpha value is -3.85. The van der Waals surface area contributed by atoms with E-state index >= 15 is 0 Å². The zero-order valence-electron chi connectivity index (χ0n) is 16.7. The van der Waals surface area contributed by atoms with Gasteiger partial charge in [-0.1, -0.05) is 29.8 Å². The molecule has 0 unspecified atom stereocenters. The van der Waals surface area contributed by atoms with Crippen molar-refractivity contribution in [3.63, 3.8) is 0 Å². The molecule has 9 nitrogen and oxygen atoms in total. The van der Waals surface area contributed by atoms with Gasteiger partial charge in [0.25, 0.3) is 5.56 Å². The van der Waals surface area contributed by atoms with Crippen molar-refractivity contribution in [1.82, 2.24) is 28.7 Å². The second-order valence-corrected chi connectivity index (χ2v) is 7.46. The number of aromatic nitrogens is 6. The summed E-state index contributed by atoms with van der Waals surface area (Å²) in [5.41, 5.74) is 1.25. The summed E-state index contributed by atoms with van der Waals surface area (Å²) in [7, 11) is 3.19. The number of ether oxygens (including phenoxy) is 1. The topological polar surface area (TPSA) is 99.2 Å². The fourth-order valence-electron chi connectivity index (χ4n) is 3.72. The molecule has 2 aromatic carbocycles. The monoisotopic (exact) mass is 436 g/mol. The predicted molar refractivity (Wildman–Crippen MR) is 117 cm³/mol. The molecule has 31 heavy (non-hydrogen) atoms. The summed E-state index contributed by atoms with van der Waals surface area (Å²) in [5.74, 6) is 1.63. The summed E-state index contributed by atoms with van der Waals surface area (Å²) in [5, 5.41) is 9.26. The molecule has 0 fully saturated rings. The van der Waals surface area contributed by atoms with Crippen LogP contribution >= 0.6 is 11.6 Å². The number of methoxy groups -OCH3 is 1. The molecule has 156 valence electrons. The Morgan fingerprint density at radius 1 is 1.06 bits per heavy atom. The number of imidazole rings is 1. The van der Waals surface area contributed by atoms with Crippen molar-refractivity contribution in [1.29, 1.82) is 0 Å². The largest absolute Gasteiger partial charge is 0.497 e. The number of benzene rings is 2. The van der Waals surface area contributed by atoms with Crippen molar-refractivity contribution < 1.29 is 4.74 Å². The van der Waals surface area contributed by atoms with Gasteiger partial charge in [0.1, 0.15) is 5.75 Å². The molecule has 1 N–H and O–H groups in total. The summed E-state index contributed by atoms with van der Waals surface area (Å²) in [6, 6.07) is 14.7. The van der Waals surface area contributed by atoms with Crippen molar-refractivity contribution >= 4 is 28.5 Å². The number of rotatable bonds is 4. The molecular formula is C21H17ClN6O3. The van der Waals surface area contributed by atoms with E-state index in [0.29, 0.717) is 33.5 Å². The second-order valence-electron chi connectivity index (χ2n) is 7.06. The first-order valence-corrected chi connectivity index (χ1v) is 9.82. The molecule has 0 amide bonds. The van der Waals surface area contributed by atoms with Crippen molar-refractivity contribution in [2.24, 2.45) is 7.05 Å². The lowest BCUT2D eigenvalue weighted by atomic mass is 10.2. The number of aromatic amines is 1. The van der Waals surface area contributed by atoms with E-state index in [1.165, 1.54) is 4.57 Å². The number of hydrogen-bond donors (Lipinski definition) is 1. The molecule has 0 spiro atoms.